The van der Waals surface area contributed by atoms with Crippen LogP contribution in [0.5, 0.6) is 0 Å². The van der Waals surface area contributed by atoms with Crippen LogP contribution in [0.3, 0.4) is 0 Å². The summed E-state index contributed by atoms with van der Waals surface area (Å²) in [5, 5.41) is 6.23. The lowest BCUT2D eigenvalue weighted by Gasteiger charge is -2.48. The Morgan fingerprint density at radius 3 is 2.93 bits per heavy atom. The van der Waals surface area contributed by atoms with Crippen molar-refractivity contribution in [1.29, 1.82) is 0 Å². The number of nitrogens with zero attached hydrogens (tertiary/aromatic N) is 4. The average molecular weight is 386 g/mol. The molecule has 2 aliphatic heterocycles. The molecule has 7 heteroatoms. The van der Waals surface area contributed by atoms with Gasteiger partial charge in [-0.1, -0.05) is 6.07 Å². The van der Waals surface area contributed by atoms with Gasteiger partial charge in [-0.3, -0.25) is 14.7 Å². The molecular weight excluding hydrogens is 358 g/mol. The molecule has 2 fully saturated rings. The maximum atomic E-state index is 12.5. The van der Waals surface area contributed by atoms with E-state index in [-0.39, 0.29) is 11.3 Å². The number of likely N-dealkylation sites (tertiary alicyclic amines) is 2. The Hall–Kier alpha value is -1.99. The van der Waals surface area contributed by atoms with Gasteiger partial charge in [0.1, 0.15) is 0 Å². The van der Waals surface area contributed by atoms with Crippen molar-refractivity contribution in [3.63, 3.8) is 0 Å². The Balaban J connectivity index is 1.42. The van der Waals surface area contributed by atoms with Crippen molar-refractivity contribution in [2.24, 2.45) is 5.41 Å². The number of amides is 1. The average Bonchev–Trinajstić information content (AvgIpc) is 3.14. The molecular formula is C20H27N5OS. The summed E-state index contributed by atoms with van der Waals surface area (Å²) in [6.07, 6.45) is 5.85. The zero-order chi connectivity index (χ0) is 18.7. The standard InChI is InChI=1S/C20H27N5OS/c1-21-19-23-17(13-27-19)11-24-10-4-7-20(14-24)8-6-18(26)25(15-20)12-16-5-2-3-9-22-16/h2-3,5,9,13H,4,6-8,10-12,14-15H2,1H3,(H,21,23)/t20-/m1/s1. The predicted octanol–water partition coefficient (Wildman–Crippen LogP) is 2.98. The summed E-state index contributed by atoms with van der Waals surface area (Å²) < 4.78 is 0. The number of aromatic nitrogens is 2. The van der Waals surface area contributed by atoms with E-state index in [1.165, 1.54) is 12.8 Å². The van der Waals surface area contributed by atoms with Crippen LogP contribution in [0.25, 0.3) is 0 Å². The van der Waals surface area contributed by atoms with Gasteiger partial charge >= 0.3 is 0 Å². The molecule has 27 heavy (non-hydrogen) atoms. The second-order valence-electron chi connectivity index (χ2n) is 7.78. The van der Waals surface area contributed by atoms with Crippen molar-refractivity contribution in [2.45, 2.75) is 38.8 Å². The van der Waals surface area contributed by atoms with Crippen molar-refractivity contribution in [1.82, 2.24) is 19.8 Å². The molecule has 0 unspecified atom stereocenters. The predicted molar refractivity (Wildman–Crippen MR) is 107 cm³/mol. The zero-order valence-electron chi connectivity index (χ0n) is 15.9. The number of carbonyl (C=O) groups excluding carboxylic acids is 1. The van der Waals surface area contributed by atoms with Crippen molar-refractivity contribution < 1.29 is 4.79 Å². The van der Waals surface area contributed by atoms with Crippen molar-refractivity contribution in [3.8, 4) is 0 Å². The molecule has 0 saturated carbocycles. The fourth-order valence-corrected chi connectivity index (χ4v) is 5.10. The van der Waals surface area contributed by atoms with Crippen LogP contribution in [-0.2, 0) is 17.9 Å². The van der Waals surface area contributed by atoms with Gasteiger partial charge in [-0.2, -0.15) is 0 Å². The number of pyridine rings is 1. The highest BCUT2D eigenvalue weighted by atomic mass is 32.1. The van der Waals surface area contributed by atoms with E-state index in [1.807, 2.05) is 30.1 Å². The van der Waals surface area contributed by atoms with Crippen molar-refractivity contribution >= 4 is 22.4 Å². The second kappa shape index (κ2) is 7.94. The molecule has 144 valence electrons. The van der Waals surface area contributed by atoms with E-state index in [1.54, 1.807) is 17.5 Å². The molecule has 4 rings (SSSR count). The summed E-state index contributed by atoms with van der Waals surface area (Å²) in [6.45, 7) is 4.53. The third kappa shape index (κ3) is 4.30. The summed E-state index contributed by atoms with van der Waals surface area (Å²) in [6, 6.07) is 5.91. The molecule has 0 radical (unpaired) electrons. The van der Waals surface area contributed by atoms with Crippen molar-refractivity contribution in [2.75, 3.05) is 32.0 Å². The van der Waals surface area contributed by atoms with E-state index in [9.17, 15) is 4.79 Å². The van der Waals surface area contributed by atoms with Crippen LogP contribution < -0.4 is 5.32 Å². The molecule has 1 N–H and O–H groups in total. The second-order valence-corrected chi connectivity index (χ2v) is 8.64. The summed E-state index contributed by atoms with van der Waals surface area (Å²) in [5.74, 6) is 0.265. The first kappa shape index (κ1) is 18.4. The Kier molecular flexibility index (Phi) is 5.41. The molecule has 0 aliphatic carbocycles. The van der Waals surface area contributed by atoms with Crippen LogP contribution in [-0.4, -0.2) is 52.4 Å². The minimum absolute atomic E-state index is 0.211. The highest BCUT2D eigenvalue weighted by Crippen LogP contribution is 2.39. The number of carbonyl (C=O) groups is 1. The molecule has 2 aliphatic rings. The minimum Gasteiger partial charge on any atom is -0.365 e. The number of nitrogens with one attached hydrogen (secondary N) is 1. The van der Waals surface area contributed by atoms with Crippen LogP contribution in [0, 0.1) is 5.41 Å². The van der Waals surface area contributed by atoms with Crippen LogP contribution in [0.4, 0.5) is 5.13 Å². The molecule has 2 saturated heterocycles. The Bertz CT molecular complexity index is 780. The maximum Gasteiger partial charge on any atom is 0.222 e. The normalized spacial score (nSPS) is 23.7. The third-order valence-corrected chi connectivity index (χ3v) is 6.63. The fraction of sp³-hybridized carbons (Fsp3) is 0.550. The van der Waals surface area contributed by atoms with Crippen LogP contribution in [0.1, 0.15) is 37.1 Å². The highest BCUT2D eigenvalue weighted by Gasteiger charge is 2.41. The van der Waals surface area contributed by atoms with Gasteiger partial charge in [0.05, 0.1) is 17.9 Å². The highest BCUT2D eigenvalue weighted by molar-refractivity contribution is 7.13. The molecule has 1 amide bonds. The Labute approximate surface area is 164 Å². The van der Waals surface area contributed by atoms with E-state index >= 15 is 0 Å². The number of piperidine rings is 2. The van der Waals surface area contributed by atoms with Gasteiger partial charge in [0, 0.05) is 50.1 Å². The SMILES string of the molecule is CNc1nc(CN2CCC[C@@]3(CCC(=O)N(Cc4ccccn4)C3)C2)cs1. The van der Waals surface area contributed by atoms with Gasteiger partial charge < -0.3 is 10.2 Å². The van der Waals surface area contributed by atoms with E-state index in [0.29, 0.717) is 13.0 Å². The number of anilines is 1. The first-order valence-electron chi connectivity index (χ1n) is 9.68. The lowest BCUT2D eigenvalue weighted by atomic mass is 9.73. The van der Waals surface area contributed by atoms with E-state index in [2.05, 4.69) is 25.6 Å². The number of rotatable bonds is 5. The zero-order valence-corrected chi connectivity index (χ0v) is 16.7. The molecule has 1 spiro atoms. The van der Waals surface area contributed by atoms with E-state index in [0.717, 1.165) is 49.1 Å². The summed E-state index contributed by atoms with van der Waals surface area (Å²) >= 11 is 1.66. The summed E-state index contributed by atoms with van der Waals surface area (Å²) in [7, 11) is 1.91. The minimum atomic E-state index is 0.211. The third-order valence-electron chi connectivity index (χ3n) is 5.72. The summed E-state index contributed by atoms with van der Waals surface area (Å²) in [5.41, 5.74) is 2.32. The monoisotopic (exact) mass is 385 g/mol. The molecule has 4 heterocycles. The molecule has 1 atom stereocenters. The quantitative estimate of drug-likeness (QED) is 0.857. The Morgan fingerprint density at radius 1 is 1.22 bits per heavy atom. The van der Waals surface area contributed by atoms with Gasteiger partial charge in [-0.25, -0.2) is 4.98 Å². The molecule has 0 aromatic carbocycles. The van der Waals surface area contributed by atoms with Crippen LogP contribution >= 0.6 is 11.3 Å². The fourth-order valence-electron chi connectivity index (χ4n) is 4.44. The molecule has 0 bridgehead atoms. The topological polar surface area (TPSA) is 61.4 Å². The van der Waals surface area contributed by atoms with Gasteiger partial charge in [-0.15, -0.1) is 11.3 Å². The van der Waals surface area contributed by atoms with Crippen LogP contribution in [0.2, 0.25) is 0 Å². The van der Waals surface area contributed by atoms with Gasteiger partial charge in [0.15, 0.2) is 5.13 Å². The van der Waals surface area contributed by atoms with Crippen LogP contribution in [0.15, 0.2) is 29.8 Å². The lowest BCUT2D eigenvalue weighted by molar-refractivity contribution is -0.140. The summed E-state index contributed by atoms with van der Waals surface area (Å²) in [4.78, 5) is 26.1. The van der Waals surface area contributed by atoms with E-state index in [4.69, 9.17) is 0 Å². The largest absolute Gasteiger partial charge is 0.365 e. The van der Waals surface area contributed by atoms with Gasteiger partial charge in [-0.05, 0) is 37.9 Å². The first-order valence-corrected chi connectivity index (χ1v) is 10.6. The number of hydrogen-bond acceptors (Lipinski definition) is 6. The maximum absolute atomic E-state index is 12.5. The molecule has 6 nitrogen and oxygen atoms in total. The lowest BCUT2D eigenvalue weighted by Crippen LogP contribution is -2.53. The Morgan fingerprint density at radius 2 is 2.15 bits per heavy atom. The smallest absolute Gasteiger partial charge is 0.222 e. The van der Waals surface area contributed by atoms with Gasteiger partial charge in [0.2, 0.25) is 5.91 Å². The first-order chi connectivity index (χ1) is 13.2. The van der Waals surface area contributed by atoms with Crippen molar-refractivity contribution in [3.05, 3.63) is 41.2 Å². The molecule has 2 aromatic rings. The van der Waals surface area contributed by atoms with Gasteiger partial charge in [0.25, 0.3) is 0 Å². The number of thiazole rings is 1. The molecule has 2 aromatic heterocycles. The van der Waals surface area contributed by atoms with E-state index < -0.39 is 0 Å². The number of hydrogen-bond donors (Lipinski definition) is 1.